The van der Waals surface area contributed by atoms with Crippen LogP contribution in [0.2, 0.25) is 0 Å². The second kappa shape index (κ2) is 7.23. The lowest BCUT2D eigenvalue weighted by atomic mass is 10.3. The summed E-state index contributed by atoms with van der Waals surface area (Å²) in [7, 11) is 0. The number of oxazole rings is 1. The molecule has 0 spiro atoms. The van der Waals surface area contributed by atoms with Gasteiger partial charge in [0.1, 0.15) is 11.5 Å². The Hall–Kier alpha value is -2.06. The first-order chi connectivity index (χ1) is 11.6. The van der Waals surface area contributed by atoms with Gasteiger partial charge in [0.2, 0.25) is 11.8 Å². The fourth-order valence-electron chi connectivity index (χ4n) is 2.21. The molecule has 1 aliphatic heterocycles. The Bertz CT molecular complexity index is 780. The third kappa shape index (κ3) is 3.54. The van der Waals surface area contributed by atoms with Gasteiger partial charge in [0.15, 0.2) is 0 Å². The molecule has 0 bridgehead atoms. The van der Waals surface area contributed by atoms with E-state index in [0.717, 1.165) is 4.88 Å². The predicted octanol–water partition coefficient (Wildman–Crippen LogP) is 3.19. The van der Waals surface area contributed by atoms with Crippen LogP contribution in [0.15, 0.2) is 33.0 Å². The van der Waals surface area contributed by atoms with Crippen LogP contribution in [-0.2, 0) is 20.9 Å². The highest BCUT2D eigenvalue weighted by atomic mass is 32.2. The Kier molecular flexibility index (Phi) is 5.06. The molecule has 0 N–H and O–H groups in total. The van der Waals surface area contributed by atoms with Crippen molar-refractivity contribution in [3.63, 3.8) is 0 Å². The van der Waals surface area contributed by atoms with E-state index in [1.165, 1.54) is 17.8 Å². The number of ether oxygens (including phenoxy) is 1. The first kappa shape index (κ1) is 16.8. The number of aryl methyl sites for hydroxylation is 1. The van der Waals surface area contributed by atoms with E-state index < -0.39 is 5.97 Å². The van der Waals surface area contributed by atoms with Crippen molar-refractivity contribution in [2.24, 2.45) is 0 Å². The van der Waals surface area contributed by atoms with Crippen LogP contribution in [0.3, 0.4) is 0 Å². The zero-order valence-corrected chi connectivity index (χ0v) is 14.9. The summed E-state index contributed by atoms with van der Waals surface area (Å²) >= 11 is 2.87. The zero-order chi connectivity index (χ0) is 17.1. The molecular weight excluding hydrogens is 348 g/mol. The van der Waals surface area contributed by atoms with Crippen LogP contribution in [0.1, 0.15) is 18.4 Å². The maximum absolute atomic E-state index is 12.1. The van der Waals surface area contributed by atoms with Crippen molar-refractivity contribution in [1.29, 1.82) is 0 Å². The number of thiophene rings is 1. The highest BCUT2D eigenvalue weighted by molar-refractivity contribution is 8.04. The van der Waals surface area contributed by atoms with Crippen LogP contribution >= 0.6 is 23.1 Å². The molecular formula is C16H16N2O4S2. The Morgan fingerprint density at radius 2 is 2.38 bits per heavy atom. The third-order valence-electron chi connectivity index (χ3n) is 3.37. The molecule has 1 amide bonds. The van der Waals surface area contributed by atoms with Crippen molar-refractivity contribution < 1.29 is 18.7 Å². The Balaban J connectivity index is 1.81. The molecule has 3 heterocycles. The van der Waals surface area contributed by atoms with Gasteiger partial charge < -0.3 is 9.15 Å². The van der Waals surface area contributed by atoms with Crippen molar-refractivity contribution in [2.45, 2.75) is 20.4 Å². The van der Waals surface area contributed by atoms with Gasteiger partial charge in [-0.15, -0.1) is 11.3 Å². The molecule has 1 fully saturated rings. The molecule has 0 aromatic carbocycles. The number of carbonyl (C=O) groups is 2. The molecule has 2 aromatic heterocycles. The lowest BCUT2D eigenvalue weighted by molar-refractivity contribution is -0.137. The number of aromatic nitrogens is 1. The molecule has 6 nitrogen and oxygen atoms in total. The van der Waals surface area contributed by atoms with Gasteiger partial charge >= 0.3 is 5.97 Å². The minimum atomic E-state index is -0.448. The smallest absolute Gasteiger partial charge is 0.333 e. The highest BCUT2D eigenvalue weighted by Gasteiger charge is 2.29. The summed E-state index contributed by atoms with van der Waals surface area (Å²) < 4.78 is 10.6. The van der Waals surface area contributed by atoms with Crippen LogP contribution in [-0.4, -0.2) is 34.1 Å². The van der Waals surface area contributed by atoms with Gasteiger partial charge in [-0.25, -0.2) is 9.78 Å². The Labute approximate surface area is 147 Å². The maximum Gasteiger partial charge on any atom is 0.333 e. The second-order valence-electron chi connectivity index (χ2n) is 5.00. The van der Waals surface area contributed by atoms with Crippen molar-refractivity contribution >= 4 is 35.0 Å². The molecule has 126 valence electrons. The third-order valence-corrected chi connectivity index (χ3v) is 5.25. The second-order valence-corrected chi connectivity index (χ2v) is 6.95. The van der Waals surface area contributed by atoms with Gasteiger partial charge in [-0.05, 0) is 25.3 Å². The molecule has 0 atom stereocenters. The van der Waals surface area contributed by atoms with Crippen LogP contribution < -0.4 is 0 Å². The molecule has 0 saturated carbocycles. The molecule has 8 heteroatoms. The number of thioether (sulfide) groups is 1. The molecule has 24 heavy (non-hydrogen) atoms. The van der Waals surface area contributed by atoms with Crippen LogP contribution in [0.5, 0.6) is 0 Å². The summed E-state index contributed by atoms with van der Waals surface area (Å²) in [4.78, 5) is 30.8. The summed E-state index contributed by atoms with van der Waals surface area (Å²) in [5.41, 5.74) is 0.684. The van der Waals surface area contributed by atoms with E-state index in [2.05, 4.69) is 4.98 Å². The van der Waals surface area contributed by atoms with Crippen molar-refractivity contribution in [1.82, 2.24) is 9.88 Å². The fraction of sp³-hybridized carbons (Fsp3) is 0.312. The summed E-state index contributed by atoms with van der Waals surface area (Å²) in [5.74, 6) is 1.01. The zero-order valence-electron chi connectivity index (χ0n) is 13.3. The lowest BCUT2D eigenvalue weighted by Gasteiger charge is -2.15. The molecule has 3 rings (SSSR count). The number of hydrogen-bond donors (Lipinski definition) is 0. The van der Waals surface area contributed by atoms with Crippen molar-refractivity contribution in [2.75, 3.05) is 12.4 Å². The van der Waals surface area contributed by atoms with Crippen molar-refractivity contribution in [3.05, 3.63) is 40.1 Å². The van der Waals surface area contributed by atoms with Gasteiger partial charge in [0, 0.05) is 0 Å². The molecule has 0 unspecified atom stereocenters. The maximum atomic E-state index is 12.1. The largest absolute Gasteiger partial charge is 0.463 e. The molecule has 1 saturated heterocycles. The summed E-state index contributed by atoms with van der Waals surface area (Å²) in [6.07, 6.45) is 1.36. The number of hydrogen-bond acceptors (Lipinski definition) is 7. The predicted molar refractivity (Wildman–Crippen MR) is 92.3 cm³/mol. The number of amides is 1. The molecule has 0 aliphatic carbocycles. The fourth-order valence-corrected chi connectivity index (χ4v) is 3.79. The minimum Gasteiger partial charge on any atom is -0.463 e. The van der Waals surface area contributed by atoms with Gasteiger partial charge in [-0.1, -0.05) is 17.8 Å². The first-order valence-electron chi connectivity index (χ1n) is 7.40. The van der Waals surface area contributed by atoms with E-state index in [1.54, 1.807) is 23.2 Å². The average molecular weight is 364 g/mol. The lowest BCUT2D eigenvalue weighted by Crippen LogP contribution is -2.25. The standard InChI is InChI=1S/C16H16N2O4S2/c1-3-21-15(20)7-14-18(13(19)9-24-14)8-11-10(2)22-16(17-11)12-5-4-6-23-12/h4-7H,3,8-9H2,1-2H3/b14-7-. The normalized spacial score (nSPS) is 16.2. The summed E-state index contributed by atoms with van der Waals surface area (Å²) in [6.45, 7) is 4.14. The topological polar surface area (TPSA) is 72.6 Å². The van der Waals surface area contributed by atoms with E-state index in [-0.39, 0.29) is 12.5 Å². The number of nitrogens with zero attached hydrogens (tertiary/aromatic N) is 2. The number of rotatable bonds is 5. The summed E-state index contributed by atoms with van der Waals surface area (Å²) in [6, 6.07) is 3.86. The monoisotopic (exact) mass is 364 g/mol. The van der Waals surface area contributed by atoms with Gasteiger partial charge in [0.25, 0.3) is 0 Å². The highest BCUT2D eigenvalue weighted by Crippen LogP contribution is 2.32. The Morgan fingerprint density at radius 1 is 1.54 bits per heavy atom. The number of esters is 1. The number of carbonyl (C=O) groups excluding carboxylic acids is 2. The molecule has 2 aromatic rings. The molecule has 0 radical (unpaired) electrons. The Morgan fingerprint density at radius 3 is 3.08 bits per heavy atom. The van der Waals surface area contributed by atoms with E-state index in [0.29, 0.717) is 34.7 Å². The van der Waals surface area contributed by atoms with E-state index in [9.17, 15) is 9.59 Å². The van der Waals surface area contributed by atoms with Crippen LogP contribution in [0, 0.1) is 6.92 Å². The van der Waals surface area contributed by atoms with Crippen molar-refractivity contribution in [3.8, 4) is 10.8 Å². The quantitative estimate of drug-likeness (QED) is 0.599. The van der Waals surface area contributed by atoms with Gasteiger partial charge in [-0.2, -0.15) is 0 Å². The van der Waals surface area contributed by atoms with E-state index >= 15 is 0 Å². The van der Waals surface area contributed by atoms with Crippen LogP contribution in [0.4, 0.5) is 0 Å². The van der Waals surface area contributed by atoms with Gasteiger partial charge in [0.05, 0.1) is 34.9 Å². The SMILES string of the molecule is CCOC(=O)/C=C1\SCC(=O)N1Cc1nc(-c2cccs2)oc1C. The van der Waals surface area contributed by atoms with E-state index in [1.807, 2.05) is 24.4 Å². The first-order valence-corrected chi connectivity index (χ1v) is 9.26. The molecule has 1 aliphatic rings. The average Bonchev–Trinajstić information content (AvgIpc) is 3.25. The van der Waals surface area contributed by atoms with E-state index in [4.69, 9.17) is 9.15 Å². The van der Waals surface area contributed by atoms with Crippen LogP contribution in [0.25, 0.3) is 10.8 Å². The minimum absolute atomic E-state index is 0.0596. The summed E-state index contributed by atoms with van der Waals surface area (Å²) in [5, 5.41) is 2.54. The van der Waals surface area contributed by atoms with Gasteiger partial charge in [-0.3, -0.25) is 9.69 Å².